The summed E-state index contributed by atoms with van der Waals surface area (Å²) in [7, 11) is 0. The zero-order valence-corrected chi connectivity index (χ0v) is 15.3. The molecule has 0 unspecified atom stereocenters. The lowest BCUT2D eigenvalue weighted by molar-refractivity contribution is -0.139. The molecule has 1 fully saturated rings. The van der Waals surface area contributed by atoms with Crippen LogP contribution in [-0.4, -0.2) is 11.6 Å². The molecular formula is C22H21F3O3. The number of carbonyl (C=O) groups is 1. The average Bonchev–Trinajstić information content (AvgIpc) is 2.68. The molecule has 2 aromatic rings. The third kappa shape index (κ3) is 4.55. The van der Waals surface area contributed by atoms with E-state index in [1.54, 1.807) is 36.4 Å². The van der Waals surface area contributed by atoms with Crippen LogP contribution in [0.15, 0.2) is 61.2 Å². The van der Waals surface area contributed by atoms with Crippen LogP contribution in [0, 0.1) is 0 Å². The van der Waals surface area contributed by atoms with E-state index in [4.69, 9.17) is 9.47 Å². The van der Waals surface area contributed by atoms with E-state index in [0.29, 0.717) is 18.6 Å². The summed E-state index contributed by atoms with van der Waals surface area (Å²) < 4.78 is 51.5. The number of halogens is 3. The molecule has 6 heteroatoms. The van der Waals surface area contributed by atoms with Gasteiger partial charge in [-0.05, 0) is 62.1 Å². The van der Waals surface area contributed by atoms with Crippen molar-refractivity contribution in [2.45, 2.75) is 43.9 Å². The van der Waals surface area contributed by atoms with Crippen molar-refractivity contribution in [2.24, 2.45) is 0 Å². The van der Waals surface area contributed by atoms with Crippen molar-refractivity contribution in [3.8, 4) is 11.5 Å². The Morgan fingerprint density at radius 1 is 1.04 bits per heavy atom. The molecule has 2 aromatic carbocycles. The zero-order chi connectivity index (χ0) is 20.2. The highest BCUT2D eigenvalue weighted by molar-refractivity contribution is 5.91. The summed E-state index contributed by atoms with van der Waals surface area (Å²) in [4.78, 5) is 12.4. The number of ether oxygens (including phenoxy) is 2. The molecule has 3 nitrogen and oxygen atoms in total. The Hall–Kier alpha value is -2.76. The lowest BCUT2D eigenvalue weighted by atomic mass is 9.84. The van der Waals surface area contributed by atoms with Crippen molar-refractivity contribution < 1.29 is 27.4 Å². The second-order valence-electron chi connectivity index (χ2n) is 6.84. The van der Waals surface area contributed by atoms with Gasteiger partial charge >= 0.3 is 12.1 Å². The Bertz CT molecular complexity index is 838. The highest BCUT2D eigenvalue weighted by Gasteiger charge is 2.38. The molecule has 0 aliphatic heterocycles. The summed E-state index contributed by atoms with van der Waals surface area (Å²) in [6.07, 6.45) is 0.856. The van der Waals surface area contributed by atoms with E-state index in [2.05, 4.69) is 6.58 Å². The molecule has 148 valence electrons. The average molecular weight is 390 g/mol. The van der Waals surface area contributed by atoms with Crippen molar-refractivity contribution in [3.63, 3.8) is 0 Å². The molecule has 0 saturated heterocycles. The zero-order valence-electron chi connectivity index (χ0n) is 15.3. The standard InChI is InChI=1S/C22H21F3O3/c1-2-21(13-7-4-8-14-21)28-19-15-16(11-12-18(19)22(23,24)25)20(26)27-17-9-5-3-6-10-17/h2-3,5-6,9-12,15H,1,4,7-8,13-14H2. The first-order chi connectivity index (χ1) is 13.3. The summed E-state index contributed by atoms with van der Waals surface area (Å²) in [5.41, 5.74) is -1.79. The number of alkyl halides is 3. The van der Waals surface area contributed by atoms with Gasteiger partial charge in [0.05, 0.1) is 11.1 Å². The van der Waals surface area contributed by atoms with Crippen LogP contribution in [0.4, 0.5) is 13.2 Å². The van der Waals surface area contributed by atoms with Gasteiger partial charge in [-0.15, -0.1) is 0 Å². The predicted octanol–water partition coefficient (Wildman–Crippen LogP) is 6.19. The maximum atomic E-state index is 13.5. The van der Waals surface area contributed by atoms with Gasteiger partial charge in [-0.2, -0.15) is 13.2 Å². The van der Waals surface area contributed by atoms with Gasteiger partial charge in [0.2, 0.25) is 0 Å². The van der Waals surface area contributed by atoms with E-state index in [9.17, 15) is 18.0 Å². The lowest BCUT2D eigenvalue weighted by Gasteiger charge is -2.35. The lowest BCUT2D eigenvalue weighted by Crippen LogP contribution is -2.36. The smallest absolute Gasteiger partial charge is 0.419 e. The number of esters is 1. The van der Waals surface area contributed by atoms with Crippen molar-refractivity contribution >= 4 is 5.97 Å². The quantitative estimate of drug-likeness (QED) is 0.347. The van der Waals surface area contributed by atoms with Crippen molar-refractivity contribution in [1.82, 2.24) is 0 Å². The van der Waals surface area contributed by atoms with Crippen LogP contribution in [-0.2, 0) is 6.18 Å². The SMILES string of the molecule is C=CC1(Oc2cc(C(=O)Oc3ccccc3)ccc2C(F)(F)F)CCCCC1. The topological polar surface area (TPSA) is 35.5 Å². The fraction of sp³-hybridized carbons (Fsp3) is 0.318. The van der Waals surface area contributed by atoms with E-state index in [1.807, 2.05) is 0 Å². The first kappa shape index (κ1) is 20.0. The highest BCUT2D eigenvalue weighted by atomic mass is 19.4. The van der Waals surface area contributed by atoms with Crippen LogP contribution < -0.4 is 9.47 Å². The molecule has 1 saturated carbocycles. The van der Waals surface area contributed by atoms with Crippen LogP contribution in [0.25, 0.3) is 0 Å². The normalized spacial score (nSPS) is 16.2. The molecule has 0 radical (unpaired) electrons. The predicted molar refractivity (Wildman–Crippen MR) is 99.5 cm³/mol. The minimum Gasteiger partial charge on any atom is -0.483 e. The molecule has 1 aliphatic rings. The van der Waals surface area contributed by atoms with Crippen LogP contribution in [0.3, 0.4) is 0 Å². The molecule has 1 aliphatic carbocycles. The van der Waals surface area contributed by atoms with Gasteiger partial charge < -0.3 is 9.47 Å². The van der Waals surface area contributed by atoms with Crippen LogP contribution in [0.5, 0.6) is 11.5 Å². The van der Waals surface area contributed by atoms with Gasteiger partial charge in [0.1, 0.15) is 17.1 Å². The Morgan fingerprint density at radius 3 is 2.32 bits per heavy atom. The van der Waals surface area contributed by atoms with Gasteiger partial charge in [0.15, 0.2) is 0 Å². The first-order valence-electron chi connectivity index (χ1n) is 9.14. The molecule has 0 bridgehead atoms. The third-order valence-corrected chi connectivity index (χ3v) is 4.86. The monoisotopic (exact) mass is 390 g/mol. The number of hydrogen-bond acceptors (Lipinski definition) is 3. The summed E-state index contributed by atoms with van der Waals surface area (Å²) in [6.45, 7) is 3.76. The fourth-order valence-electron chi connectivity index (χ4n) is 3.34. The molecule has 0 N–H and O–H groups in total. The van der Waals surface area contributed by atoms with E-state index in [-0.39, 0.29) is 11.3 Å². The van der Waals surface area contributed by atoms with Crippen LogP contribution >= 0.6 is 0 Å². The molecule has 0 atom stereocenters. The van der Waals surface area contributed by atoms with Gasteiger partial charge in [-0.1, -0.05) is 31.2 Å². The molecular weight excluding hydrogens is 369 g/mol. The molecule has 0 heterocycles. The van der Waals surface area contributed by atoms with Gasteiger partial charge in [0, 0.05) is 0 Å². The maximum Gasteiger partial charge on any atom is 0.419 e. The van der Waals surface area contributed by atoms with Gasteiger partial charge in [-0.25, -0.2) is 4.79 Å². The van der Waals surface area contributed by atoms with Crippen molar-refractivity contribution in [2.75, 3.05) is 0 Å². The van der Waals surface area contributed by atoms with E-state index >= 15 is 0 Å². The molecule has 0 amide bonds. The Balaban J connectivity index is 1.93. The van der Waals surface area contributed by atoms with Gasteiger partial charge in [-0.3, -0.25) is 0 Å². The highest BCUT2D eigenvalue weighted by Crippen LogP contribution is 2.41. The van der Waals surface area contributed by atoms with Crippen molar-refractivity contribution in [3.05, 3.63) is 72.3 Å². The van der Waals surface area contributed by atoms with Crippen LogP contribution in [0.1, 0.15) is 48.0 Å². The summed E-state index contributed by atoms with van der Waals surface area (Å²) in [5, 5.41) is 0. The number of benzene rings is 2. The molecule has 3 rings (SSSR count). The second-order valence-corrected chi connectivity index (χ2v) is 6.84. The largest absolute Gasteiger partial charge is 0.483 e. The van der Waals surface area contributed by atoms with Crippen molar-refractivity contribution in [1.29, 1.82) is 0 Å². The molecule has 0 spiro atoms. The van der Waals surface area contributed by atoms with Gasteiger partial charge in [0.25, 0.3) is 0 Å². The minimum atomic E-state index is -4.60. The Labute approximate surface area is 161 Å². The third-order valence-electron chi connectivity index (χ3n) is 4.86. The number of para-hydroxylation sites is 1. The first-order valence-corrected chi connectivity index (χ1v) is 9.14. The van der Waals surface area contributed by atoms with E-state index in [1.165, 1.54) is 0 Å². The second kappa shape index (κ2) is 8.09. The number of carbonyl (C=O) groups excluding carboxylic acids is 1. The summed E-state index contributed by atoms with van der Waals surface area (Å²) in [6, 6.07) is 11.4. The van der Waals surface area contributed by atoms with Crippen LogP contribution in [0.2, 0.25) is 0 Å². The van der Waals surface area contributed by atoms with E-state index < -0.39 is 23.3 Å². The number of rotatable bonds is 5. The Morgan fingerprint density at radius 2 is 1.71 bits per heavy atom. The fourth-order valence-corrected chi connectivity index (χ4v) is 3.34. The Kier molecular flexibility index (Phi) is 5.77. The minimum absolute atomic E-state index is 0.0122. The maximum absolute atomic E-state index is 13.5. The number of hydrogen-bond donors (Lipinski definition) is 0. The summed E-state index contributed by atoms with van der Waals surface area (Å²) >= 11 is 0. The molecule has 28 heavy (non-hydrogen) atoms. The summed E-state index contributed by atoms with van der Waals surface area (Å²) in [5.74, 6) is -0.817. The van der Waals surface area contributed by atoms with E-state index in [0.717, 1.165) is 37.5 Å². The molecule has 0 aromatic heterocycles.